The number of hydrogen-bond donors (Lipinski definition) is 1. The van der Waals surface area contributed by atoms with E-state index in [1.807, 2.05) is 0 Å². The first-order valence-corrected chi connectivity index (χ1v) is 6.60. The number of nitrogens with zero attached hydrogens (tertiary/aromatic N) is 2. The van der Waals surface area contributed by atoms with Crippen LogP contribution in [0.15, 0.2) is 17.1 Å². The summed E-state index contributed by atoms with van der Waals surface area (Å²) in [6, 6.07) is 1.46. The summed E-state index contributed by atoms with van der Waals surface area (Å²) >= 11 is 0. The molecule has 5 heteroatoms. The second kappa shape index (κ2) is 5.57. The van der Waals surface area contributed by atoms with Gasteiger partial charge in [0.15, 0.2) is 5.43 Å². The van der Waals surface area contributed by atoms with Gasteiger partial charge < -0.3 is 14.8 Å². The molecule has 1 amide bonds. The van der Waals surface area contributed by atoms with E-state index in [0.717, 1.165) is 25.2 Å². The van der Waals surface area contributed by atoms with Crippen molar-refractivity contribution in [1.82, 2.24) is 14.8 Å². The van der Waals surface area contributed by atoms with Gasteiger partial charge in [0.2, 0.25) is 0 Å². The highest BCUT2D eigenvalue weighted by Crippen LogP contribution is 2.15. The first kappa shape index (κ1) is 13.8. The molecule has 1 N–H and O–H groups in total. The van der Waals surface area contributed by atoms with Crippen molar-refractivity contribution in [3.05, 3.63) is 33.7 Å². The zero-order chi connectivity index (χ0) is 14.0. The predicted octanol–water partition coefficient (Wildman–Crippen LogP) is 0.707. The number of aromatic amines is 1. The van der Waals surface area contributed by atoms with Crippen molar-refractivity contribution in [3.63, 3.8) is 0 Å². The van der Waals surface area contributed by atoms with Gasteiger partial charge in [0, 0.05) is 38.1 Å². The molecular weight excluding hydrogens is 242 g/mol. The van der Waals surface area contributed by atoms with Crippen LogP contribution >= 0.6 is 0 Å². The number of hydrogen-bond acceptors (Lipinski definition) is 3. The fraction of sp³-hybridized carbons (Fsp3) is 0.571. The van der Waals surface area contributed by atoms with Gasteiger partial charge in [-0.3, -0.25) is 9.59 Å². The molecule has 1 fully saturated rings. The summed E-state index contributed by atoms with van der Waals surface area (Å²) < 4.78 is 0. The summed E-state index contributed by atoms with van der Waals surface area (Å²) in [6.45, 7) is 4.60. The highest BCUT2D eigenvalue weighted by Gasteiger charge is 2.23. The fourth-order valence-electron chi connectivity index (χ4n) is 2.59. The van der Waals surface area contributed by atoms with Crippen molar-refractivity contribution in [2.24, 2.45) is 5.92 Å². The molecule has 19 heavy (non-hydrogen) atoms. The smallest absolute Gasteiger partial charge is 0.259 e. The van der Waals surface area contributed by atoms with Crippen molar-refractivity contribution >= 4 is 5.91 Å². The number of H-pyrrole nitrogens is 1. The van der Waals surface area contributed by atoms with Crippen molar-refractivity contribution in [1.29, 1.82) is 0 Å². The first-order chi connectivity index (χ1) is 8.97. The van der Waals surface area contributed by atoms with Gasteiger partial charge in [-0.25, -0.2) is 0 Å². The lowest BCUT2D eigenvalue weighted by molar-refractivity contribution is 0.0772. The van der Waals surface area contributed by atoms with Crippen molar-refractivity contribution in [2.45, 2.75) is 13.3 Å². The van der Waals surface area contributed by atoms with Crippen molar-refractivity contribution < 1.29 is 4.79 Å². The molecule has 1 unspecified atom stereocenters. The van der Waals surface area contributed by atoms with E-state index < -0.39 is 0 Å². The van der Waals surface area contributed by atoms with E-state index in [4.69, 9.17) is 0 Å². The second-order valence-electron chi connectivity index (χ2n) is 5.50. The maximum Gasteiger partial charge on any atom is 0.259 e. The molecule has 0 saturated carbocycles. The molecule has 2 rings (SSSR count). The molecule has 104 valence electrons. The van der Waals surface area contributed by atoms with Gasteiger partial charge in [0.05, 0.1) is 0 Å². The van der Waals surface area contributed by atoms with Crippen molar-refractivity contribution in [3.8, 4) is 0 Å². The highest BCUT2D eigenvalue weighted by atomic mass is 16.2. The Hall–Kier alpha value is -1.62. The molecule has 2 heterocycles. The van der Waals surface area contributed by atoms with Crippen LogP contribution in [0.5, 0.6) is 0 Å². The molecule has 0 radical (unpaired) electrons. The van der Waals surface area contributed by atoms with E-state index in [9.17, 15) is 9.59 Å². The Labute approximate surface area is 113 Å². The third-order valence-corrected chi connectivity index (χ3v) is 3.66. The highest BCUT2D eigenvalue weighted by molar-refractivity contribution is 5.93. The number of nitrogens with one attached hydrogen (secondary N) is 1. The number of rotatable bonds is 3. The van der Waals surface area contributed by atoms with Crippen LogP contribution in [-0.4, -0.2) is 54.4 Å². The van der Waals surface area contributed by atoms with Crippen LogP contribution in [0.2, 0.25) is 0 Å². The summed E-state index contributed by atoms with van der Waals surface area (Å²) in [7, 11) is 3.85. The fourth-order valence-corrected chi connectivity index (χ4v) is 2.59. The van der Waals surface area contributed by atoms with Gasteiger partial charge in [-0.1, -0.05) is 0 Å². The zero-order valence-corrected chi connectivity index (χ0v) is 11.8. The predicted molar refractivity (Wildman–Crippen MR) is 74.4 cm³/mol. The maximum absolute atomic E-state index is 12.2. The van der Waals surface area contributed by atoms with E-state index in [1.165, 1.54) is 12.3 Å². The van der Waals surface area contributed by atoms with Gasteiger partial charge >= 0.3 is 0 Å². The van der Waals surface area contributed by atoms with Crippen molar-refractivity contribution in [2.75, 3.05) is 33.7 Å². The van der Waals surface area contributed by atoms with Crippen LogP contribution in [0.25, 0.3) is 0 Å². The molecule has 1 saturated heterocycles. The molecule has 0 bridgehead atoms. The van der Waals surface area contributed by atoms with E-state index in [0.29, 0.717) is 12.5 Å². The number of likely N-dealkylation sites (tertiary alicyclic amines) is 1. The molecule has 1 aromatic rings. The number of carbonyl (C=O) groups is 1. The van der Waals surface area contributed by atoms with Crippen LogP contribution in [0.1, 0.15) is 22.5 Å². The van der Waals surface area contributed by atoms with E-state index in [1.54, 1.807) is 18.9 Å². The number of aromatic nitrogens is 1. The number of pyridine rings is 1. The summed E-state index contributed by atoms with van der Waals surface area (Å²) in [5.74, 6) is 0.305. The largest absolute Gasteiger partial charge is 0.364 e. The van der Waals surface area contributed by atoms with Crippen LogP contribution in [0.4, 0.5) is 0 Å². The third kappa shape index (κ3) is 3.23. The lowest BCUT2D eigenvalue weighted by Crippen LogP contribution is -2.35. The number of carbonyl (C=O) groups excluding carboxylic acids is 1. The van der Waals surface area contributed by atoms with Gasteiger partial charge in [0.1, 0.15) is 5.56 Å². The Balaban J connectivity index is 2.04. The summed E-state index contributed by atoms with van der Waals surface area (Å²) in [4.78, 5) is 30.9. The molecule has 0 aliphatic carbocycles. The third-order valence-electron chi connectivity index (χ3n) is 3.66. The lowest BCUT2D eigenvalue weighted by atomic mass is 10.1. The second-order valence-corrected chi connectivity index (χ2v) is 5.50. The minimum absolute atomic E-state index is 0.198. The number of amides is 1. The normalized spacial score (nSPS) is 19.6. The van der Waals surface area contributed by atoms with E-state index in [-0.39, 0.29) is 16.9 Å². The Morgan fingerprint density at radius 1 is 1.58 bits per heavy atom. The van der Waals surface area contributed by atoms with Gasteiger partial charge in [0.25, 0.3) is 5.91 Å². The average Bonchev–Trinajstić information content (AvgIpc) is 2.74. The Kier molecular flexibility index (Phi) is 4.04. The Bertz CT molecular complexity index is 524. The van der Waals surface area contributed by atoms with Crippen LogP contribution in [-0.2, 0) is 0 Å². The lowest BCUT2D eigenvalue weighted by Gasteiger charge is -2.21. The minimum atomic E-state index is -0.211. The first-order valence-electron chi connectivity index (χ1n) is 6.60. The van der Waals surface area contributed by atoms with Gasteiger partial charge in [-0.15, -0.1) is 0 Å². The molecule has 0 spiro atoms. The van der Waals surface area contributed by atoms with Crippen LogP contribution in [0, 0.1) is 12.8 Å². The topological polar surface area (TPSA) is 56.4 Å². The zero-order valence-electron chi connectivity index (χ0n) is 11.8. The monoisotopic (exact) mass is 263 g/mol. The molecule has 5 nitrogen and oxygen atoms in total. The standard InChI is InChI=1S/C14H21N3O2/c1-10-6-13(18)12(7-15-10)14(19)17(3)9-11-4-5-16(2)8-11/h6-7,11H,4-5,8-9H2,1-3H3,(H,15,18). The summed E-state index contributed by atoms with van der Waals surface area (Å²) in [5, 5.41) is 0. The molecular formula is C14H21N3O2. The van der Waals surface area contributed by atoms with Crippen LogP contribution in [0.3, 0.4) is 0 Å². The maximum atomic E-state index is 12.2. The Morgan fingerprint density at radius 3 is 2.89 bits per heavy atom. The SMILES string of the molecule is Cc1cc(=O)c(C(=O)N(C)CC2CCN(C)C2)c[nH]1. The summed E-state index contributed by atoms with van der Waals surface area (Å²) in [5.41, 5.74) is 0.776. The van der Waals surface area contributed by atoms with Gasteiger partial charge in [-0.05, 0) is 32.9 Å². The average molecular weight is 263 g/mol. The number of aryl methyl sites for hydroxylation is 1. The Morgan fingerprint density at radius 2 is 2.32 bits per heavy atom. The van der Waals surface area contributed by atoms with E-state index in [2.05, 4.69) is 16.9 Å². The quantitative estimate of drug-likeness (QED) is 0.873. The molecule has 1 aromatic heterocycles. The molecule has 0 aromatic carbocycles. The van der Waals surface area contributed by atoms with Gasteiger partial charge in [-0.2, -0.15) is 0 Å². The summed E-state index contributed by atoms with van der Waals surface area (Å²) in [6.07, 6.45) is 2.62. The molecule has 1 atom stereocenters. The van der Waals surface area contributed by atoms with Crippen LogP contribution < -0.4 is 5.43 Å². The molecule has 1 aliphatic heterocycles. The van der Waals surface area contributed by atoms with E-state index >= 15 is 0 Å². The molecule has 1 aliphatic rings. The minimum Gasteiger partial charge on any atom is -0.364 e.